The molecule has 1 aliphatic carbocycles. The van der Waals surface area contributed by atoms with Crippen LogP contribution < -0.4 is 11.1 Å². The van der Waals surface area contributed by atoms with Crippen molar-refractivity contribution in [2.75, 3.05) is 7.11 Å². The number of rotatable bonds is 7. The van der Waals surface area contributed by atoms with Crippen LogP contribution in [0.3, 0.4) is 0 Å². The number of benzene rings is 1. The summed E-state index contributed by atoms with van der Waals surface area (Å²) in [5.74, 6) is -1.35. The second-order valence-electron chi connectivity index (χ2n) is 7.21. The van der Waals surface area contributed by atoms with Crippen molar-refractivity contribution in [3.05, 3.63) is 38.9 Å². The molecule has 156 valence electrons. The number of nitrogens with one attached hydrogen (secondary N) is 1. The number of hydrogen-bond acceptors (Lipinski definition) is 7. The minimum Gasteiger partial charge on any atom is -0.467 e. The number of nitro benzene ring substituents is 1. The van der Waals surface area contributed by atoms with Gasteiger partial charge in [-0.3, -0.25) is 19.5 Å². The van der Waals surface area contributed by atoms with Crippen molar-refractivity contribution in [1.29, 1.82) is 0 Å². The van der Waals surface area contributed by atoms with Crippen LogP contribution in [-0.2, 0) is 20.9 Å². The highest BCUT2D eigenvalue weighted by Gasteiger charge is 2.41. The third-order valence-electron chi connectivity index (χ3n) is 5.31. The average Bonchev–Trinajstić information content (AvgIpc) is 3.02. The highest BCUT2D eigenvalue weighted by Crippen LogP contribution is 2.29. The van der Waals surface area contributed by atoms with Crippen molar-refractivity contribution in [2.24, 2.45) is 0 Å². The Kier molecular flexibility index (Phi) is 6.00. The molecule has 1 heterocycles. The smallest absolute Gasteiger partial charge is 0.419 e. The largest absolute Gasteiger partial charge is 0.467 e. The van der Waals surface area contributed by atoms with Crippen molar-refractivity contribution in [2.45, 2.75) is 57.0 Å². The summed E-state index contributed by atoms with van der Waals surface area (Å²) < 4.78 is 11.3. The quantitative estimate of drug-likeness (QED) is 0.424. The van der Waals surface area contributed by atoms with Crippen molar-refractivity contribution in [3.63, 3.8) is 0 Å². The number of ether oxygens (including phenoxy) is 1. The van der Waals surface area contributed by atoms with Crippen LogP contribution in [0.2, 0.25) is 0 Å². The minimum atomic E-state index is -0.970. The molecule has 1 aromatic carbocycles. The lowest BCUT2D eigenvalue weighted by Gasteiger charge is -2.35. The molecule has 0 saturated heterocycles. The molecule has 1 N–H and O–H groups in total. The Morgan fingerprint density at radius 3 is 2.69 bits per heavy atom. The molecule has 2 aromatic rings. The number of carbonyl (C=O) groups excluding carboxylic acids is 2. The molecule has 10 nitrogen and oxygen atoms in total. The van der Waals surface area contributed by atoms with Crippen molar-refractivity contribution in [3.8, 4) is 0 Å². The standard InChI is InChI=1S/C19H23N3O7/c1-28-17(24)19(9-3-2-4-10-19)20-16(23)6-5-11-21-14-8-7-13(22(26)27)12-15(14)29-18(21)25/h7-8,12H,2-6,9-11H2,1H3,(H,20,23). The molecule has 1 amide bonds. The normalized spacial score (nSPS) is 15.8. The van der Waals surface area contributed by atoms with Gasteiger partial charge in [0.25, 0.3) is 5.69 Å². The fourth-order valence-corrected chi connectivity index (χ4v) is 3.84. The topological polar surface area (TPSA) is 134 Å². The third-order valence-corrected chi connectivity index (χ3v) is 5.31. The van der Waals surface area contributed by atoms with Gasteiger partial charge in [-0.25, -0.2) is 9.59 Å². The number of esters is 1. The maximum absolute atomic E-state index is 12.4. The minimum absolute atomic E-state index is 0.116. The maximum atomic E-state index is 12.4. The molecule has 29 heavy (non-hydrogen) atoms. The highest BCUT2D eigenvalue weighted by molar-refractivity contribution is 5.88. The molecule has 1 aliphatic rings. The van der Waals surface area contributed by atoms with Crippen molar-refractivity contribution < 1.29 is 23.7 Å². The van der Waals surface area contributed by atoms with Crippen LogP contribution in [0.15, 0.2) is 27.4 Å². The van der Waals surface area contributed by atoms with Crippen molar-refractivity contribution in [1.82, 2.24) is 9.88 Å². The first kappa shape index (κ1) is 20.6. The number of aromatic nitrogens is 1. The molecule has 0 bridgehead atoms. The number of nitrogens with zero attached hydrogens (tertiary/aromatic N) is 2. The lowest BCUT2D eigenvalue weighted by Crippen LogP contribution is -2.56. The van der Waals surface area contributed by atoms with E-state index in [4.69, 9.17) is 9.15 Å². The molecular weight excluding hydrogens is 382 g/mol. The first-order chi connectivity index (χ1) is 13.9. The summed E-state index contributed by atoms with van der Waals surface area (Å²) in [6, 6.07) is 3.94. The van der Waals surface area contributed by atoms with Gasteiger partial charge in [-0.1, -0.05) is 19.3 Å². The predicted octanol–water partition coefficient (Wildman–Crippen LogP) is 2.28. The van der Waals surface area contributed by atoms with E-state index in [9.17, 15) is 24.5 Å². The molecule has 1 fully saturated rings. The lowest BCUT2D eigenvalue weighted by atomic mass is 9.81. The lowest BCUT2D eigenvalue weighted by molar-refractivity contribution is -0.384. The van der Waals surface area contributed by atoms with Gasteiger partial charge < -0.3 is 14.5 Å². The fourth-order valence-electron chi connectivity index (χ4n) is 3.84. The molecule has 3 rings (SSSR count). The van der Waals surface area contributed by atoms with Crippen LogP contribution in [0.25, 0.3) is 11.1 Å². The Morgan fingerprint density at radius 2 is 2.03 bits per heavy atom. The summed E-state index contributed by atoms with van der Waals surface area (Å²) in [5.41, 5.74) is -0.583. The Morgan fingerprint density at radius 1 is 1.31 bits per heavy atom. The number of non-ortho nitro benzene ring substituents is 1. The summed E-state index contributed by atoms with van der Waals surface area (Å²) in [7, 11) is 1.31. The Balaban J connectivity index is 1.64. The summed E-state index contributed by atoms with van der Waals surface area (Å²) in [5, 5.41) is 13.7. The number of amides is 1. The van der Waals surface area contributed by atoms with Gasteiger partial charge in [0, 0.05) is 19.0 Å². The third kappa shape index (κ3) is 4.30. The first-order valence-corrected chi connectivity index (χ1v) is 9.53. The van der Waals surface area contributed by atoms with Gasteiger partial charge in [0.15, 0.2) is 5.58 Å². The molecular formula is C19H23N3O7. The summed E-state index contributed by atoms with van der Waals surface area (Å²) in [6.07, 6.45) is 4.27. The van der Waals surface area contributed by atoms with Gasteiger partial charge in [-0.2, -0.15) is 0 Å². The van der Waals surface area contributed by atoms with Crippen LogP contribution in [-0.4, -0.2) is 34.0 Å². The molecule has 1 aromatic heterocycles. The molecule has 0 spiro atoms. The van der Waals surface area contributed by atoms with Gasteiger partial charge in [0.2, 0.25) is 5.91 Å². The number of aryl methyl sites for hydroxylation is 1. The number of oxazole rings is 1. The second-order valence-corrected chi connectivity index (χ2v) is 7.21. The Hall–Kier alpha value is -3.17. The van der Waals surface area contributed by atoms with E-state index < -0.39 is 22.2 Å². The van der Waals surface area contributed by atoms with Crippen LogP contribution in [0, 0.1) is 10.1 Å². The average molecular weight is 405 g/mol. The van der Waals surface area contributed by atoms with Crippen LogP contribution in [0.5, 0.6) is 0 Å². The summed E-state index contributed by atoms with van der Waals surface area (Å²) in [4.78, 5) is 47.0. The molecule has 1 saturated carbocycles. The van der Waals surface area contributed by atoms with Crippen LogP contribution >= 0.6 is 0 Å². The van der Waals surface area contributed by atoms with E-state index in [1.165, 1.54) is 29.9 Å². The van der Waals surface area contributed by atoms with Gasteiger partial charge in [0.05, 0.1) is 23.6 Å². The van der Waals surface area contributed by atoms with Gasteiger partial charge in [0.1, 0.15) is 5.54 Å². The molecule has 10 heteroatoms. The Bertz CT molecular complexity index is 985. The zero-order valence-electron chi connectivity index (χ0n) is 16.1. The number of fused-ring (bicyclic) bond motifs is 1. The second kappa shape index (κ2) is 8.46. The van der Waals surface area contributed by atoms with Gasteiger partial charge in [-0.15, -0.1) is 0 Å². The van der Waals surface area contributed by atoms with E-state index in [0.29, 0.717) is 24.8 Å². The summed E-state index contributed by atoms with van der Waals surface area (Å²) >= 11 is 0. The van der Waals surface area contributed by atoms with Crippen molar-refractivity contribution >= 4 is 28.7 Å². The number of carbonyl (C=O) groups is 2. The zero-order valence-corrected chi connectivity index (χ0v) is 16.1. The Labute approximate surface area is 166 Å². The molecule has 0 unspecified atom stereocenters. The van der Waals surface area contributed by atoms with E-state index in [1.54, 1.807) is 0 Å². The van der Waals surface area contributed by atoms with E-state index in [2.05, 4.69) is 5.32 Å². The fraction of sp³-hybridized carbons (Fsp3) is 0.526. The van der Waals surface area contributed by atoms with E-state index in [-0.39, 0.29) is 30.1 Å². The van der Waals surface area contributed by atoms with E-state index >= 15 is 0 Å². The number of nitro groups is 1. The van der Waals surface area contributed by atoms with E-state index in [1.807, 2.05) is 0 Å². The molecule has 0 aliphatic heterocycles. The van der Waals surface area contributed by atoms with E-state index in [0.717, 1.165) is 19.3 Å². The number of hydrogen-bond donors (Lipinski definition) is 1. The summed E-state index contributed by atoms with van der Waals surface area (Å²) in [6.45, 7) is 0.211. The SMILES string of the molecule is COC(=O)C1(NC(=O)CCCn2c(=O)oc3cc([N+](=O)[O-])ccc32)CCCCC1. The molecule has 0 radical (unpaired) electrons. The maximum Gasteiger partial charge on any atom is 0.419 e. The first-order valence-electron chi connectivity index (χ1n) is 9.53. The molecule has 0 atom stereocenters. The highest BCUT2D eigenvalue weighted by atomic mass is 16.6. The van der Waals surface area contributed by atoms with Crippen LogP contribution in [0.4, 0.5) is 5.69 Å². The van der Waals surface area contributed by atoms with Crippen LogP contribution in [0.1, 0.15) is 44.9 Å². The zero-order chi connectivity index (χ0) is 21.0. The number of methoxy groups -OCH3 is 1. The van der Waals surface area contributed by atoms with Gasteiger partial charge in [-0.05, 0) is 25.3 Å². The predicted molar refractivity (Wildman–Crippen MR) is 102 cm³/mol. The monoisotopic (exact) mass is 405 g/mol. The van der Waals surface area contributed by atoms with Gasteiger partial charge >= 0.3 is 11.7 Å².